The van der Waals surface area contributed by atoms with Gasteiger partial charge in [0, 0.05) is 48.9 Å². The standard InChI is InChI=1S/C20H22ClFN4O2S/c1-12(27)25-6-8-26(9-7-25)20-24-17-4-2-13(10-18(17)29-20)19(28)23-16-5-3-14(21)11-15(16)22/h3,5,11,13H,2,4,6-10H2,1H3,(H,23,28)/t13-/m0/s1. The van der Waals surface area contributed by atoms with Crippen LogP contribution >= 0.6 is 22.9 Å². The Kier molecular flexibility index (Phi) is 5.74. The molecule has 1 atom stereocenters. The number of carbonyl (C=O) groups excluding carboxylic acids is 2. The molecule has 0 unspecified atom stereocenters. The molecule has 1 aromatic carbocycles. The maximum absolute atomic E-state index is 14.0. The molecule has 9 heteroatoms. The van der Waals surface area contributed by atoms with E-state index in [9.17, 15) is 14.0 Å². The fourth-order valence-corrected chi connectivity index (χ4v) is 5.16. The van der Waals surface area contributed by atoms with Crippen molar-refractivity contribution in [3.8, 4) is 0 Å². The molecule has 0 spiro atoms. The molecule has 2 amide bonds. The van der Waals surface area contributed by atoms with Gasteiger partial charge in [-0.1, -0.05) is 11.6 Å². The van der Waals surface area contributed by atoms with Crippen molar-refractivity contribution in [3.63, 3.8) is 0 Å². The van der Waals surface area contributed by atoms with E-state index >= 15 is 0 Å². The van der Waals surface area contributed by atoms with Crippen LogP contribution < -0.4 is 10.2 Å². The first kappa shape index (κ1) is 20.1. The number of rotatable bonds is 3. The fraction of sp³-hybridized carbons (Fsp3) is 0.450. The molecular weight excluding hydrogens is 415 g/mol. The van der Waals surface area contributed by atoms with Crippen LogP contribution in [0.25, 0.3) is 0 Å². The van der Waals surface area contributed by atoms with Crippen molar-refractivity contribution in [2.75, 3.05) is 36.4 Å². The normalized spacial score (nSPS) is 19.1. The predicted molar refractivity (Wildman–Crippen MR) is 112 cm³/mol. The first-order chi connectivity index (χ1) is 13.9. The topological polar surface area (TPSA) is 65.5 Å². The molecule has 1 saturated heterocycles. The molecule has 1 N–H and O–H groups in total. The van der Waals surface area contributed by atoms with Gasteiger partial charge in [-0.25, -0.2) is 9.37 Å². The molecule has 1 fully saturated rings. The van der Waals surface area contributed by atoms with Crippen LogP contribution in [-0.2, 0) is 22.4 Å². The summed E-state index contributed by atoms with van der Waals surface area (Å²) in [6.45, 7) is 4.55. The number of nitrogens with zero attached hydrogens (tertiary/aromatic N) is 3. The highest BCUT2D eigenvalue weighted by Crippen LogP contribution is 2.35. The van der Waals surface area contributed by atoms with E-state index in [4.69, 9.17) is 16.6 Å². The van der Waals surface area contributed by atoms with Gasteiger partial charge in [0.05, 0.1) is 11.4 Å². The van der Waals surface area contributed by atoms with Gasteiger partial charge in [0.15, 0.2) is 5.13 Å². The smallest absolute Gasteiger partial charge is 0.227 e. The molecule has 0 radical (unpaired) electrons. The van der Waals surface area contributed by atoms with Crippen molar-refractivity contribution >= 4 is 45.6 Å². The summed E-state index contributed by atoms with van der Waals surface area (Å²) >= 11 is 7.39. The summed E-state index contributed by atoms with van der Waals surface area (Å²) in [5.74, 6) is -0.816. The van der Waals surface area contributed by atoms with E-state index < -0.39 is 5.82 Å². The van der Waals surface area contributed by atoms with E-state index in [1.807, 2.05) is 4.90 Å². The highest BCUT2D eigenvalue weighted by Gasteiger charge is 2.30. The van der Waals surface area contributed by atoms with Gasteiger partial charge in [-0.05, 0) is 37.5 Å². The molecule has 1 aliphatic carbocycles. The molecule has 154 valence electrons. The Labute approximate surface area is 177 Å². The largest absolute Gasteiger partial charge is 0.345 e. The van der Waals surface area contributed by atoms with Crippen LogP contribution in [0.15, 0.2) is 18.2 Å². The molecule has 2 heterocycles. The lowest BCUT2D eigenvalue weighted by molar-refractivity contribution is -0.129. The second-order valence-corrected chi connectivity index (χ2v) is 8.91. The third-order valence-electron chi connectivity index (χ3n) is 5.48. The number of piperazine rings is 1. The molecule has 2 aliphatic rings. The van der Waals surface area contributed by atoms with Gasteiger partial charge in [-0.2, -0.15) is 0 Å². The molecule has 2 aromatic rings. The van der Waals surface area contributed by atoms with E-state index in [0.29, 0.717) is 31.0 Å². The molecule has 6 nitrogen and oxygen atoms in total. The lowest BCUT2D eigenvalue weighted by Crippen LogP contribution is -2.48. The number of carbonyl (C=O) groups is 2. The van der Waals surface area contributed by atoms with E-state index in [1.165, 1.54) is 12.1 Å². The minimum atomic E-state index is -0.535. The number of thiazole rings is 1. The van der Waals surface area contributed by atoms with E-state index in [-0.39, 0.29) is 23.4 Å². The van der Waals surface area contributed by atoms with Gasteiger partial charge in [-0.3, -0.25) is 9.59 Å². The number of halogens is 2. The minimum absolute atomic E-state index is 0.106. The van der Waals surface area contributed by atoms with Crippen molar-refractivity contribution in [1.29, 1.82) is 0 Å². The Morgan fingerprint density at radius 2 is 2.03 bits per heavy atom. The molecule has 0 bridgehead atoms. The number of hydrogen-bond acceptors (Lipinski definition) is 5. The van der Waals surface area contributed by atoms with Gasteiger partial charge >= 0.3 is 0 Å². The maximum atomic E-state index is 14.0. The number of hydrogen-bond donors (Lipinski definition) is 1. The highest BCUT2D eigenvalue weighted by molar-refractivity contribution is 7.15. The Morgan fingerprint density at radius 3 is 2.72 bits per heavy atom. The van der Waals surface area contributed by atoms with Gasteiger partial charge < -0.3 is 15.1 Å². The maximum Gasteiger partial charge on any atom is 0.227 e. The van der Waals surface area contributed by atoms with Gasteiger partial charge in [-0.15, -0.1) is 11.3 Å². The number of amides is 2. The summed E-state index contributed by atoms with van der Waals surface area (Å²) in [6.07, 6.45) is 2.04. The zero-order chi connectivity index (χ0) is 20.5. The van der Waals surface area contributed by atoms with Crippen LogP contribution in [0.5, 0.6) is 0 Å². The van der Waals surface area contributed by atoms with Crippen LogP contribution in [0.1, 0.15) is 23.9 Å². The van der Waals surface area contributed by atoms with Crippen molar-refractivity contribution in [3.05, 3.63) is 39.6 Å². The highest BCUT2D eigenvalue weighted by atomic mass is 35.5. The summed E-state index contributed by atoms with van der Waals surface area (Å²) in [6, 6.07) is 4.23. The number of anilines is 2. The third kappa shape index (κ3) is 4.38. The number of aryl methyl sites for hydroxylation is 1. The second kappa shape index (κ2) is 8.28. The van der Waals surface area contributed by atoms with Gasteiger partial charge in [0.1, 0.15) is 5.82 Å². The third-order valence-corrected chi connectivity index (χ3v) is 6.90. The number of aromatic nitrogens is 1. The first-order valence-electron chi connectivity index (χ1n) is 9.65. The molecule has 0 saturated carbocycles. The van der Waals surface area contributed by atoms with Crippen LogP contribution in [0, 0.1) is 11.7 Å². The second-order valence-electron chi connectivity index (χ2n) is 7.41. The van der Waals surface area contributed by atoms with Crippen LogP contribution in [0.3, 0.4) is 0 Å². The SMILES string of the molecule is CC(=O)N1CCN(c2nc3c(s2)C[C@@H](C(=O)Nc2ccc(Cl)cc2F)CC3)CC1. The molecule has 1 aliphatic heterocycles. The first-order valence-corrected chi connectivity index (χ1v) is 10.8. The molecule has 29 heavy (non-hydrogen) atoms. The number of nitrogens with one attached hydrogen (secondary N) is 1. The van der Waals surface area contributed by atoms with Crippen LogP contribution in [-0.4, -0.2) is 47.9 Å². The van der Waals surface area contributed by atoms with Crippen LogP contribution in [0.4, 0.5) is 15.2 Å². The van der Waals surface area contributed by atoms with Crippen LogP contribution in [0.2, 0.25) is 5.02 Å². The lowest BCUT2D eigenvalue weighted by atomic mass is 9.90. The number of fused-ring (bicyclic) bond motifs is 1. The average Bonchev–Trinajstić information content (AvgIpc) is 3.13. The van der Waals surface area contributed by atoms with Crippen molar-refractivity contribution in [2.45, 2.75) is 26.2 Å². The van der Waals surface area contributed by atoms with E-state index in [0.717, 1.165) is 35.2 Å². The minimum Gasteiger partial charge on any atom is -0.345 e. The Balaban J connectivity index is 1.40. The summed E-state index contributed by atoms with van der Waals surface area (Å²) in [7, 11) is 0. The molecular formula is C20H22ClFN4O2S. The van der Waals surface area contributed by atoms with E-state index in [2.05, 4.69) is 10.2 Å². The zero-order valence-electron chi connectivity index (χ0n) is 16.1. The Bertz CT molecular complexity index is 943. The van der Waals surface area contributed by atoms with E-state index in [1.54, 1.807) is 24.3 Å². The lowest BCUT2D eigenvalue weighted by Gasteiger charge is -2.33. The van der Waals surface area contributed by atoms with Gasteiger partial charge in [0.2, 0.25) is 11.8 Å². The Hall–Kier alpha value is -2.19. The summed E-state index contributed by atoms with van der Waals surface area (Å²) in [5.41, 5.74) is 1.21. The summed E-state index contributed by atoms with van der Waals surface area (Å²) in [5, 5.41) is 3.94. The van der Waals surface area contributed by atoms with Crippen molar-refractivity contribution < 1.29 is 14.0 Å². The van der Waals surface area contributed by atoms with Crippen molar-refractivity contribution in [2.24, 2.45) is 5.92 Å². The molecule has 4 rings (SSSR count). The van der Waals surface area contributed by atoms with Crippen molar-refractivity contribution in [1.82, 2.24) is 9.88 Å². The predicted octanol–water partition coefficient (Wildman–Crippen LogP) is 3.35. The Morgan fingerprint density at radius 1 is 1.28 bits per heavy atom. The monoisotopic (exact) mass is 436 g/mol. The zero-order valence-corrected chi connectivity index (χ0v) is 17.7. The quantitative estimate of drug-likeness (QED) is 0.801. The fourth-order valence-electron chi connectivity index (χ4n) is 3.76. The molecule has 1 aromatic heterocycles. The summed E-state index contributed by atoms with van der Waals surface area (Å²) in [4.78, 5) is 34.1. The number of benzene rings is 1. The average molecular weight is 437 g/mol. The van der Waals surface area contributed by atoms with Gasteiger partial charge in [0.25, 0.3) is 0 Å². The summed E-state index contributed by atoms with van der Waals surface area (Å²) < 4.78 is 14.0.